The van der Waals surface area contributed by atoms with E-state index in [1.54, 1.807) is 11.4 Å². The number of nitrogens with zero attached hydrogens (tertiary/aromatic N) is 3. The highest BCUT2D eigenvalue weighted by atomic mass is 32.1. The molecule has 0 unspecified atom stereocenters. The molecule has 6 heteroatoms. The Hall–Kier alpha value is -2.39. The van der Waals surface area contributed by atoms with Crippen LogP contribution in [0.3, 0.4) is 0 Å². The fourth-order valence-electron chi connectivity index (χ4n) is 1.72. The van der Waals surface area contributed by atoms with E-state index in [1.165, 1.54) is 18.4 Å². The lowest BCUT2D eigenvalue weighted by Gasteiger charge is -2.15. The zero-order chi connectivity index (χ0) is 14.5. The number of ether oxygens (including phenoxy) is 1. The van der Waals surface area contributed by atoms with E-state index in [0.717, 1.165) is 10.7 Å². The molecular formula is C14H13N3O2S. The molecule has 0 aliphatic rings. The van der Waals surface area contributed by atoms with Crippen molar-refractivity contribution in [1.29, 1.82) is 5.26 Å². The average Bonchev–Trinajstić information content (AvgIpc) is 2.96. The summed E-state index contributed by atoms with van der Waals surface area (Å²) in [5.74, 6) is -0.438. The minimum absolute atomic E-state index is 0.310. The lowest BCUT2D eigenvalue weighted by atomic mass is 10.1. The van der Waals surface area contributed by atoms with Gasteiger partial charge in [0, 0.05) is 19.0 Å². The molecule has 0 spiro atoms. The first-order valence-electron chi connectivity index (χ1n) is 5.88. The molecule has 20 heavy (non-hydrogen) atoms. The maximum atomic E-state index is 11.4. The molecule has 1 aromatic carbocycles. The standard InChI is InChI=1S/C14H13N3O2S/c1-17(8-11-5-3-4-10(6-11)7-15)14-16-12(9-20-14)13(18)19-2/h3-6,9H,8H2,1-2H3. The highest BCUT2D eigenvalue weighted by Gasteiger charge is 2.13. The van der Waals surface area contributed by atoms with Gasteiger partial charge in [0.25, 0.3) is 0 Å². The first-order chi connectivity index (χ1) is 9.63. The van der Waals surface area contributed by atoms with Crippen molar-refractivity contribution in [2.75, 3.05) is 19.1 Å². The van der Waals surface area contributed by atoms with Gasteiger partial charge in [0.15, 0.2) is 10.8 Å². The van der Waals surface area contributed by atoms with E-state index in [2.05, 4.69) is 15.8 Å². The zero-order valence-corrected chi connectivity index (χ0v) is 12.0. The van der Waals surface area contributed by atoms with Crippen LogP contribution >= 0.6 is 11.3 Å². The molecule has 0 aliphatic carbocycles. The van der Waals surface area contributed by atoms with Crippen molar-refractivity contribution in [1.82, 2.24) is 4.98 Å². The number of thiazole rings is 1. The third kappa shape index (κ3) is 3.13. The Morgan fingerprint density at radius 3 is 3.05 bits per heavy atom. The predicted molar refractivity (Wildman–Crippen MR) is 76.7 cm³/mol. The Morgan fingerprint density at radius 2 is 2.35 bits per heavy atom. The molecule has 2 rings (SSSR count). The van der Waals surface area contributed by atoms with E-state index in [4.69, 9.17) is 5.26 Å². The van der Waals surface area contributed by atoms with Crippen LogP contribution in [0, 0.1) is 11.3 Å². The number of esters is 1. The van der Waals surface area contributed by atoms with E-state index < -0.39 is 5.97 Å². The Balaban J connectivity index is 2.11. The first-order valence-corrected chi connectivity index (χ1v) is 6.76. The number of anilines is 1. The Labute approximate surface area is 121 Å². The molecule has 0 fully saturated rings. The molecule has 0 atom stereocenters. The highest BCUT2D eigenvalue weighted by Crippen LogP contribution is 2.21. The van der Waals surface area contributed by atoms with E-state index in [9.17, 15) is 4.79 Å². The second kappa shape index (κ2) is 6.17. The Kier molecular flexibility index (Phi) is 4.33. The molecule has 0 radical (unpaired) electrons. The van der Waals surface area contributed by atoms with Crippen molar-refractivity contribution in [3.63, 3.8) is 0 Å². The van der Waals surface area contributed by atoms with Gasteiger partial charge in [-0.2, -0.15) is 5.26 Å². The molecule has 0 N–H and O–H groups in total. The number of aromatic nitrogens is 1. The molecule has 0 saturated heterocycles. The number of hydrogen-bond acceptors (Lipinski definition) is 6. The fraction of sp³-hybridized carbons (Fsp3) is 0.214. The van der Waals surface area contributed by atoms with Gasteiger partial charge in [0.1, 0.15) is 0 Å². The highest BCUT2D eigenvalue weighted by molar-refractivity contribution is 7.13. The summed E-state index contributed by atoms with van der Waals surface area (Å²) in [7, 11) is 3.22. The summed E-state index contributed by atoms with van der Waals surface area (Å²) in [4.78, 5) is 17.5. The lowest BCUT2D eigenvalue weighted by molar-refractivity contribution is 0.0595. The van der Waals surface area contributed by atoms with Crippen molar-refractivity contribution < 1.29 is 9.53 Å². The van der Waals surface area contributed by atoms with Crippen molar-refractivity contribution in [3.05, 3.63) is 46.5 Å². The summed E-state index contributed by atoms with van der Waals surface area (Å²) in [6.07, 6.45) is 0. The first kappa shape index (κ1) is 14.0. The van der Waals surface area contributed by atoms with Gasteiger partial charge in [0.2, 0.25) is 0 Å². The molecule has 0 saturated carbocycles. The van der Waals surface area contributed by atoms with Gasteiger partial charge in [-0.3, -0.25) is 0 Å². The maximum Gasteiger partial charge on any atom is 0.357 e. The monoisotopic (exact) mass is 287 g/mol. The Morgan fingerprint density at radius 1 is 1.55 bits per heavy atom. The van der Waals surface area contributed by atoms with Crippen molar-refractivity contribution >= 4 is 22.4 Å². The quantitative estimate of drug-likeness (QED) is 0.808. The van der Waals surface area contributed by atoms with Crippen LogP contribution in [-0.4, -0.2) is 25.1 Å². The molecule has 0 aliphatic heterocycles. The predicted octanol–water partition coefficient (Wildman–Crippen LogP) is 2.44. The smallest absolute Gasteiger partial charge is 0.357 e. The van der Waals surface area contributed by atoms with Crippen LogP contribution in [0.4, 0.5) is 5.13 Å². The number of methoxy groups -OCH3 is 1. The summed E-state index contributed by atoms with van der Waals surface area (Å²) in [5, 5.41) is 11.3. The minimum atomic E-state index is -0.438. The van der Waals surface area contributed by atoms with Gasteiger partial charge >= 0.3 is 5.97 Å². The molecule has 5 nitrogen and oxygen atoms in total. The SMILES string of the molecule is COC(=O)c1csc(N(C)Cc2cccc(C#N)c2)n1. The van der Waals surface area contributed by atoms with Crippen LogP contribution < -0.4 is 4.90 Å². The van der Waals surface area contributed by atoms with Crippen LogP contribution in [0.15, 0.2) is 29.6 Å². The molecular weight excluding hydrogens is 274 g/mol. The third-order valence-corrected chi connectivity index (χ3v) is 3.64. The molecule has 102 valence electrons. The van der Waals surface area contributed by atoms with Crippen LogP contribution in [0.2, 0.25) is 0 Å². The normalized spacial score (nSPS) is 9.85. The lowest BCUT2D eigenvalue weighted by Crippen LogP contribution is -2.16. The maximum absolute atomic E-state index is 11.4. The van der Waals surface area contributed by atoms with Gasteiger partial charge in [0.05, 0.1) is 18.7 Å². The van der Waals surface area contributed by atoms with E-state index in [0.29, 0.717) is 17.8 Å². The van der Waals surface area contributed by atoms with Crippen molar-refractivity contribution in [3.8, 4) is 6.07 Å². The van der Waals surface area contributed by atoms with Crippen molar-refractivity contribution in [2.45, 2.75) is 6.54 Å². The molecule has 2 aromatic rings. The van der Waals surface area contributed by atoms with Crippen LogP contribution in [0.25, 0.3) is 0 Å². The van der Waals surface area contributed by atoms with Gasteiger partial charge < -0.3 is 9.64 Å². The van der Waals surface area contributed by atoms with Gasteiger partial charge in [-0.1, -0.05) is 12.1 Å². The number of hydrogen-bond donors (Lipinski definition) is 0. The zero-order valence-electron chi connectivity index (χ0n) is 11.2. The number of rotatable bonds is 4. The Bertz CT molecular complexity index is 660. The molecule has 1 aromatic heterocycles. The van der Waals surface area contributed by atoms with E-state index >= 15 is 0 Å². The van der Waals surface area contributed by atoms with Gasteiger partial charge in [-0.15, -0.1) is 11.3 Å². The summed E-state index contributed by atoms with van der Waals surface area (Å²) < 4.78 is 4.63. The molecule has 1 heterocycles. The summed E-state index contributed by atoms with van der Waals surface area (Å²) in [6.45, 7) is 0.615. The molecule has 0 amide bonds. The summed E-state index contributed by atoms with van der Waals surface area (Å²) in [6, 6.07) is 9.52. The average molecular weight is 287 g/mol. The number of carbonyl (C=O) groups excluding carboxylic acids is 1. The van der Waals surface area contributed by atoms with Crippen molar-refractivity contribution in [2.24, 2.45) is 0 Å². The fourth-order valence-corrected chi connectivity index (χ4v) is 2.48. The third-order valence-electron chi connectivity index (χ3n) is 2.69. The topological polar surface area (TPSA) is 66.2 Å². The second-order valence-electron chi connectivity index (χ2n) is 4.18. The molecule has 0 bridgehead atoms. The van der Waals surface area contributed by atoms with Crippen LogP contribution in [0.1, 0.15) is 21.6 Å². The van der Waals surface area contributed by atoms with E-state index in [1.807, 2.05) is 30.1 Å². The van der Waals surface area contributed by atoms with E-state index in [-0.39, 0.29) is 0 Å². The number of carbonyl (C=O) groups is 1. The minimum Gasteiger partial charge on any atom is -0.464 e. The van der Waals surface area contributed by atoms with Gasteiger partial charge in [-0.25, -0.2) is 9.78 Å². The number of benzene rings is 1. The summed E-state index contributed by atoms with van der Waals surface area (Å²) in [5.41, 5.74) is 1.96. The largest absolute Gasteiger partial charge is 0.464 e. The van der Waals surface area contributed by atoms with Crippen LogP contribution in [-0.2, 0) is 11.3 Å². The van der Waals surface area contributed by atoms with Crippen LogP contribution in [0.5, 0.6) is 0 Å². The number of nitriles is 1. The summed E-state index contributed by atoms with van der Waals surface area (Å²) >= 11 is 1.38. The van der Waals surface area contributed by atoms with Gasteiger partial charge in [-0.05, 0) is 17.7 Å². The second-order valence-corrected chi connectivity index (χ2v) is 5.01.